The molecule has 1 aromatic heterocycles. The molecule has 15 atom stereocenters. The number of amides is 15. The van der Waals surface area contributed by atoms with Crippen molar-refractivity contribution in [1.29, 1.82) is 0 Å². The van der Waals surface area contributed by atoms with E-state index < -0.39 is 198 Å². The molecule has 0 saturated heterocycles. The second-order valence-electron chi connectivity index (χ2n) is 29.6. The number of aromatic amines is 1. The summed E-state index contributed by atoms with van der Waals surface area (Å²) in [6, 6.07) is -9.15. The molecule has 41 heteroatoms. The van der Waals surface area contributed by atoms with Crippen LogP contribution in [0.3, 0.4) is 0 Å². The van der Waals surface area contributed by atoms with Gasteiger partial charge in [-0.05, 0) is 165 Å². The number of carbonyl (C=O) groups excluding carboxylic acids is 15. The second-order valence-corrected chi connectivity index (χ2v) is 30.6. The van der Waals surface area contributed by atoms with Crippen molar-refractivity contribution >= 4 is 117 Å². The van der Waals surface area contributed by atoms with Gasteiger partial charge in [0.25, 0.3) is 0 Å². The maximum absolute atomic E-state index is 14.5. The molecule has 27 N–H and O–H groups in total. The van der Waals surface area contributed by atoms with Crippen molar-refractivity contribution in [2.45, 2.75) is 264 Å². The number of rotatable bonds is 54. The standard InChI is InChI=1S/C73H126N20O15S.C2HF3O2/c1-13-41(7)59(78)72(107)92-56(36-57(77)94)71(106)91-55(35-46-37-80-48-24-16-15-23-47(46)48)70(105)87-49(25-17-20-29-74)65(100)81-38-58(95)93-60(42(8)14-2)73(108)84-43(9)62(97)82-44(10)63(98)86-52(28-32-109-12)66(101)83-45(11)64(99)85-50(26-18-21-30-75)67(102)88-51(27-19-22-31-76)68(103)90-54(34-40(5)6)69(104)89-53(61(79)96)33-39(3)4;3-2(4,5)1(6)7/h15-16,23-24,37,39-45,49-56,59-60,80H,13-14,17-22,25-36,38,74-76,78H2,1-12H3,(H2,77,94)(H2,79,96)(H,81,100)(H,82,97)(H,83,101)(H,84,108)(H,85,99)(H,86,98)(H,87,105)(H,88,102)(H,89,104)(H,90,103)(H,91,106)(H,92,107)(H,93,95);(H,6,7)/t41-,42-,43-,44-,45-,49-,50-,51-,52-,53-,54-,55-,56-,59-,60-;/m0./s1. The van der Waals surface area contributed by atoms with Gasteiger partial charge in [-0.25, -0.2) is 4.79 Å². The molecular formula is C75H127F3N20O17S. The van der Waals surface area contributed by atoms with Crippen LogP contribution in [-0.2, 0) is 83.1 Å². The van der Waals surface area contributed by atoms with E-state index in [0.29, 0.717) is 68.1 Å². The molecule has 37 nitrogen and oxygen atoms in total. The molecule has 0 radical (unpaired) electrons. The number of carbonyl (C=O) groups is 16. The fraction of sp³-hybridized carbons (Fsp3) is 0.680. The quantitative estimate of drug-likeness (QED) is 0.0330. The first-order valence-corrected chi connectivity index (χ1v) is 40.5. The first kappa shape index (κ1) is 104. The van der Waals surface area contributed by atoms with Gasteiger partial charge in [-0.1, -0.05) is 86.4 Å². The van der Waals surface area contributed by atoms with Gasteiger partial charge in [-0.3, -0.25) is 71.9 Å². The van der Waals surface area contributed by atoms with Crippen LogP contribution in [0.1, 0.15) is 178 Å². The number of carboxylic acid groups (broad SMARTS) is 1. The van der Waals surface area contributed by atoms with Crippen LogP contribution < -0.4 is 104 Å². The third kappa shape index (κ3) is 39.3. The zero-order valence-corrected chi connectivity index (χ0v) is 69.4. The van der Waals surface area contributed by atoms with Gasteiger partial charge >= 0.3 is 12.1 Å². The summed E-state index contributed by atoms with van der Waals surface area (Å²) in [6.45, 7) is 18.5. The number of alkyl halides is 3. The van der Waals surface area contributed by atoms with Gasteiger partial charge in [-0.2, -0.15) is 24.9 Å². The Labute approximate surface area is 679 Å². The fourth-order valence-corrected chi connectivity index (χ4v) is 11.9. The first-order chi connectivity index (χ1) is 54.4. The normalized spacial score (nSPS) is 15.2. The number of hydrogen-bond donors (Lipinski definition) is 21. The Hall–Kier alpha value is -9.74. The molecule has 1 aromatic carbocycles. The number of halogens is 3. The number of aromatic nitrogens is 1. The summed E-state index contributed by atoms with van der Waals surface area (Å²) >= 11 is 1.36. The fourth-order valence-electron chi connectivity index (χ4n) is 11.5. The van der Waals surface area contributed by atoms with Gasteiger partial charge in [0.05, 0.1) is 19.0 Å². The van der Waals surface area contributed by atoms with E-state index in [1.807, 2.05) is 34.6 Å². The van der Waals surface area contributed by atoms with Crippen LogP contribution in [0.25, 0.3) is 10.9 Å². The number of H-pyrrole nitrogens is 1. The molecule has 656 valence electrons. The number of nitrogens with two attached hydrogens (primary N) is 6. The van der Waals surface area contributed by atoms with E-state index >= 15 is 0 Å². The van der Waals surface area contributed by atoms with Crippen LogP contribution in [0, 0.1) is 23.7 Å². The predicted octanol–water partition coefficient (Wildman–Crippen LogP) is -1.65. The van der Waals surface area contributed by atoms with Gasteiger partial charge in [0, 0.05) is 23.5 Å². The lowest BCUT2D eigenvalue weighted by Crippen LogP contribution is -2.60. The Morgan fingerprint density at radius 3 is 1.30 bits per heavy atom. The number of aliphatic carboxylic acids is 1. The van der Waals surface area contributed by atoms with E-state index in [2.05, 4.69) is 74.1 Å². The number of para-hydroxylation sites is 1. The lowest BCUT2D eigenvalue weighted by atomic mass is 9.98. The molecule has 2 aromatic rings. The molecule has 0 aliphatic carbocycles. The SMILES string of the molecule is CC[C@H](C)[C@H](N)C(=O)N[C@@H](CC(N)=O)C(=O)N[C@@H](Cc1c[nH]c2ccccc12)C(=O)N[C@@H](CCCCN)C(=O)NCC(=O)N[C@H](C(=O)N[C@@H](C)C(=O)N[C@@H](C)C(=O)N[C@@H](CCSC)C(=O)N[C@@H](C)C(=O)N[C@@H](CCCCN)C(=O)N[C@@H](CCCCN)C(=O)N[C@@H](CC(C)C)C(=O)N[C@@H](CC(C)C)C(N)=O)[C@@H](C)CC.O=C(O)C(F)(F)F. The van der Waals surface area contributed by atoms with Crippen LogP contribution in [0.5, 0.6) is 0 Å². The monoisotopic (exact) mass is 1670 g/mol. The number of hydrogen-bond acceptors (Lipinski definition) is 21. The van der Waals surface area contributed by atoms with E-state index in [-0.39, 0.29) is 82.3 Å². The van der Waals surface area contributed by atoms with E-state index in [0.717, 1.165) is 5.52 Å². The second kappa shape index (κ2) is 54.2. The number of nitrogens with one attached hydrogen (secondary N) is 14. The molecule has 0 bridgehead atoms. The zero-order chi connectivity index (χ0) is 88.3. The molecule has 116 heavy (non-hydrogen) atoms. The van der Waals surface area contributed by atoms with Crippen LogP contribution >= 0.6 is 11.8 Å². The molecule has 0 aliphatic heterocycles. The van der Waals surface area contributed by atoms with Crippen LogP contribution in [0.15, 0.2) is 30.5 Å². The molecule has 1 heterocycles. The van der Waals surface area contributed by atoms with Crippen molar-refractivity contribution in [3.8, 4) is 0 Å². The molecule has 0 aliphatic rings. The summed E-state index contributed by atoms with van der Waals surface area (Å²) < 4.78 is 31.7. The minimum Gasteiger partial charge on any atom is -0.475 e. The van der Waals surface area contributed by atoms with E-state index in [4.69, 9.17) is 44.3 Å². The lowest BCUT2D eigenvalue weighted by molar-refractivity contribution is -0.192. The smallest absolute Gasteiger partial charge is 0.475 e. The van der Waals surface area contributed by atoms with Crippen molar-refractivity contribution in [3.63, 3.8) is 0 Å². The topological polar surface area (TPSA) is 622 Å². The van der Waals surface area contributed by atoms with Gasteiger partial charge in [0.15, 0.2) is 0 Å². The molecule has 2 rings (SSSR count). The largest absolute Gasteiger partial charge is 0.490 e. The summed E-state index contributed by atoms with van der Waals surface area (Å²) in [5.74, 6) is -15.2. The molecule has 15 amide bonds. The average molecular weight is 1670 g/mol. The highest BCUT2D eigenvalue weighted by molar-refractivity contribution is 7.98. The number of unbranched alkanes of at least 4 members (excludes halogenated alkanes) is 3. The van der Waals surface area contributed by atoms with Crippen molar-refractivity contribution in [3.05, 3.63) is 36.0 Å². The Balaban J connectivity index is 0.00000915. The number of carboxylic acids is 1. The Morgan fingerprint density at radius 1 is 0.466 bits per heavy atom. The Morgan fingerprint density at radius 2 is 0.845 bits per heavy atom. The molecule has 0 unspecified atom stereocenters. The van der Waals surface area contributed by atoms with Crippen LogP contribution in [0.2, 0.25) is 0 Å². The molecule has 0 saturated carbocycles. The van der Waals surface area contributed by atoms with Crippen LogP contribution in [0.4, 0.5) is 13.2 Å². The Bertz CT molecular complexity index is 3560. The molecule has 0 spiro atoms. The summed E-state index contributed by atoms with van der Waals surface area (Å²) in [5, 5.41) is 41.9. The highest BCUT2D eigenvalue weighted by atomic mass is 32.2. The third-order valence-electron chi connectivity index (χ3n) is 18.8. The zero-order valence-electron chi connectivity index (χ0n) is 68.5. The van der Waals surface area contributed by atoms with Gasteiger partial charge in [0.1, 0.15) is 72.5 Å². The summed E-state index contributed by atoms with van der Waals surface area (Å²) in [7, 11) is 0. The summed E-state index contributed by atoms with van der Waals surface area (Å²) in [6.07, 6.45) is 1.64. The minimum absolute atomic E-state index is 0.00671. The van der Waals surface area contributed by atoms with Crippen molar-refractivity contribution in [2.75, 3.05) is 38.2 Å². The average Bonchev–Trinajstić information content (AvgIpc) is 1.74. The number of fused-ring (bicyclic) bond motifs is 1. The maximum atomic E-state index is 14.5. The highest BCUT2D eigenvalue weighted by Crippen LogP contribution is 2.21. The number of primary amides is 2. The highest BCUT2D eigenvalue weighted by Gasteiger charge is 2.40. The number of thioether (sulfide) groups is 1. The van der Waals surface area contributed by atoms with Gasteiger partial charge in [-0.15, -0.1) is 0 Å². The van der Waals surface area contributed by atoms with E-state index in [1.54, 1.807) is 57.5 Å². The molecule has 0 fully saturated rings. The van der Waals surface area contributed by atoms with E-state index in [1.165, 1.54) is 32.5 Å². The van der Waals surface area contributed by atoms with Crippen LogP contribution in [-0.4, -0.2) is 228 Å². The Kier molecular flexibility index (Phi) is 48.7. The third-order valence-corrected chi connectivity index (χ3v) is 19.4. The van der Waals surface area contributed by atoms with Crippen molar-refractivity contribution < 1.29 is 95.0 Å². The van der Waals surface area contributed by atoms with E-state index in [9.17, 15) is 85.1 Å². The van der Waals surface area contributed by atoms with Crippen molar-refractivity contribution in [1.82, 2.24) is 74.1 Å². The minimum atomic E-state index is -5.08. The van der Waals surface area contributed by atoms with Gasteiger partial charge < -0.3 is 114 Å². The molecular weight excluding hydrogens is 1540 g/mol. The summed E-state index contributed by atoms with van der Waals surface area (Å²) in [4.78, 5) is 217. The number of benzene rings is 1. The van der Waals surface area contributed by atoms with Gasteiger partial charge in [0.2, 0.25) is 88.6 Å². The maximum Gasteiger partial charge on any atom is 0.490 e. The lowest BCUT2D eigenvalue weighted by Gasteiger charge is -2.28. The predicted molar refractivity (Wildman–Crippen MR) is 429 cm³/mol. The first-order valence-electron chi connectivity index (χ1n) is 39.1. The summed E-state index contributed by atoms with van der Waals surface area (Å²) in [5.41, 5.74) is 35.9. The van der Waals surface area contributed by atoms with Crippen molar-refractivity contribution in [2.24, 2.45) is 58.1 Å².